The zero-order chi connectivity index (χ0) is 7.40. The van der Waals surface area contributed by atoms with Gasteiger partial charge >= 0.3 is 37.7 Å². The second-order valence-corrected chi connectivity index (χ2v) is 2.12. The van der Waals surface area contributed by atoms with Gasteiger partial charge in [-0.15, -0.1) is 6.58 Å². The molecule has 12 heavy (non-hydrogen) atoms. The van der Waals surface area contributed by atoms with E-state index in [-0.39, 0.29) is 51.2 Å². The molecule has 0 radical (unpaired) electrons. The molecule has 60 valence electrons. The average Bonchev–Trinajstić information content (AvgIpc) is 1.94. The largest absolute Gasteiger partial charge is 2.00 e. The maximum absolute atomic E-state index is 9.19. The molecule has 0 bridgehead atoms. The summed E-state index contributed by atoms with van der Waals surface area (Å²) in [6.07, 6.45) is 2.50. The van der Waals surface area contributed by atoms with Crippen molar-refractivity contribution in [2.75, 3.05) is 0 Å². The van der Waals surface area contributed by atoms with Crippen molar-refractivity contribution in [3.05, 3.63) is 42.5 Å². The summed E-state index contributed by atoms with van der Waals surface area (Å²) in [7, 11) is 0. The Bertz CT molecular complexity index is 238. The SMILES string of the molecule is C=CCc1ccccc1O.[Ca+2].[S-2]. The molecule has 0 aliphatic carbocycles. The quantitative estimate of drug-likeness (QED) is 0.577. The molecule has 0 aliphatic heterocycles. The van der Waals surface area contributed by atoms with Gasteiger partial charge in [0.05, 0.1) is 0 Å². The summed E-state index contributed by atoms with van der Waals surface area (Å²) < 4.78 is 0. The van der Waals surface area contributed by atoms with Gasteiger partial charge in [-0.2, -0.15) is 0 Å². The third-order valence-electron chi connectivity index (χ3n) is 1.36. The van der Waals surface area contributed by atoms with Gasteiger partial charge in [0.25, 0.3) is 0 Å². The van der Waals surface area contributed by atoms with Crippen LogP contribution in [0.4, 0.5) is 0 Å². The number of hydrogen-bond acceptors (Lipinski definition) is 1. The summed E-state index contributed by atoms with van der Waals surface area (Å²) in [5.74, 6) is 0.349. The van der Waals surface area contributed by atoms with Crippen molar-refractivity contribution in [2.24, 2.45) is 0 Å². The molecule has 3 heteroatoms. The molecular formula is C9H10CaOS. The molecule has 0 heterocycles. The standard InChI is InChI=1S/C9H10O.Ca.S/c1-2-5-8-6-3-4-7-9(8)10;;/h2-4,6-7,10H,1,5H2;;/q;+2;-2. The monoisotopic (exact) mass is 206 g/mol. The van der Waals surface area contributed by atoms with E-state index in [1.807, 2.05) is 18.2 Å². The third kappa shape index (κ3) is 4.41. The number of phenols is 1. The fourth-order valence-electron chi connectivity index (χ4n) is 0.839. The fourth-order valence-corrected chi connectivity index (χ4v) is 0.839. The Morgan fingerprint density at radius 1 is 1.33 bits per heavy atom. The van der Waals surface area contributed by atoms with Crippen LogP contribution in [0.5, 0.6) is 5.75 Å². The van der Waals surface area contributed by atoms with E-state index < -0.39 is 0 Å². The first-order valence-electron chi connectivity index (χ1n) is 3.22. The summed E-state index contributed by atoms with van der Waals surface area (Å²) >= 11 is 0. The molecule has 0 spiro atoms. The number of rotatable bonds is 2. The van der Waals surface area contributed by atoms with E-state index in [9.17, 15) is 5.11 Å². The van der Waals surface area contributed by atoms with Crippen LogP contribution in [0.3, 0.4) is 0 Å². The van der Waals surface area contributed by atoms with Gasteiger partial charge in [-0.05, 0) is 18.1 Å². The van der Waals surface area contributed by atoms with Gasteiger partial charge in [0.1, 0.15) is 5.75 Å². The number of allylic oxidation sites excluding steroid dienone is 1. The zero-order valence-corrected chi connectivity index (χ0v) is 9.89. The van der Waals surface area contributed by atoms with Gasteiger partial charge < -0.3 is 18.6 Å². The fraction of sp³-hybridized carbons (Fsp3) is 0.111. The number of phenolic OH excluding ortho intramolecular Hbond substituents is 1. The molecule has 0 unspecified atom stereocenters. The summed E-state index contributed by atoms with van der Waals surface area (Å²) in [6, 6.07) is 7.27. The van der Waals surface area contributed by atoms with E-state index in [0.29, 0.717) is 5.75 Å². The Morgan fingerprint density at radius 2 is 1.92 bits per heavy atom. The van der Waals surface area contributed by atoms with Crippen molar-refractivity contribution in [1.82, 2.24) is 0 Å². The van der Waals surface area contributed by atoms with Crippen LogP contribution in [-0.4, -0.2) is 42.8 Å². The predicted molar refractivity (Wildman–Crippen MR) is 55.1 cm³/mol. The van der Waals surface area contributed by atoms with Crippen molar-refractivity contribution in [1.29, 1.82) is 0 Å². The Kier molecular flexibility index (Phi) is 9.90. The molecule has 0 aliphatic rings. The zero-order valence-electron chi connectivity index (χ0n) is 6.86. The second kappa shape index (κ2) is 7.99. The van der Waals surface area contributed by atoms with Crippen molar-refractivity contribution < 1.29 is 5.11 Å². The molecule has 0 amide bonds. The second-order valence-electron chi connectivity index (χ2n) is 2.12. The molecule has 0 atom stereocenters. The van der Waals surface area contributed by atoms with Crippen LogP contribution in [0, 0.1) is 0 Å². The smallest absolute Gasteiger partial charge is 2.00 e. The van der Waals surface area contributed by atoms with Crippen LogP contribution >= 0.6 is 0 Å². The van der Waals surface area contributed by atoms with Crippen molar-refractivity contribution in [2.45, 2.75) is 6.42 Å². The van der Waals surface area contributed by atoms with Gasteiger partial charge in [0.15, 0.2) is 0 Å². The normalized spacial score (nSPS) is 7.67. The molecule has 1 aromatic carbocycles. The van der Waals surface area contributed by atoms with E-state index in [2.05, 4.69) is 6.58 Å². The average molecular weight is 206 g/mol. The van der Waals surface area contributed by atoms with Gasteiger partial charge in [-0.25, -0.2) is 0 Å². The molecule has 1 aromatic rings. The summed E-state index contributed by atoms with van der Waals surface area (Å²) in [6.45, 7) is 3.59. The van der Waals surface area contributed by atoms with Crippen LogP contribution in [0.15, 0.2) is 36.9 Å². The van der Waals surface area contributed by atoms with E-state index in [0.717, 1.165) is 12.0 Å². The molecule has 1 N–H and O–H groups in total. The van der Waals surface area contributed by atoms with Crippen LogP contribution < -0.4 is 0 Å². The minimum atomic E-state index is 0. The number of hydrogen-bond donors (Lipinski definition) is 1. The molecule has 0 fully saturated rings. The molecule has 0 aromatic heterocycles. The molecule has 1 nitrogen and oxygen atoms in total. The first-order chi connectivity index (χ1) is 4.84. The van der Waals surface area contributed by atoms with Gasteiger partial charge in [0.2, 0.25) is 0 Å². The van der Waals surface area contributed by atoms with E-state index in [4.69, 9.17) is 0 Å². The van der Waals surface area contributed by atoms with Crippen LogP contribution in [0.2, 0.25) is 0 Å². The van der Waals surface area contributed by atoms with Crippen molar-refractivity contribution >= 4 is 51.2 Å². The maximum Gasteiger partial charge on any atom is 2.00 e. The van der Waals surface area contributed by atoms with Crippen molar-refractivity contribution in [3.8, 4) is 5.75 Å². The first-order valence-corrected chi connectivity index (χ1v) is 3.22. The summed E-state index contributed by atoms with van der Waals surface area (Å²) in [5.41, 5.74) is 0.928. The van der Waals surface area contributed by atoms with Gasteiger partial charge in [-0.3, -0.25) is 0 Å². The molecule has 0 saturated carbocycles. The van der Waals surface area contributed by atoms with E-state index in [1.165, 1.54) is 0 Å². The topological polar surface area (TPSA) is 20.2 Å². The van der Waals surface area contributed by atoms with Gasteiger partial charge in [-0.1, -0.05) is 24.3 Å². The number of aromatic hydroxyl groups is 1. The summed E-state index contributed by atoms with van der Waals surface area (Å²) in [4.78, 5) is 0. The minimum absolute atomic E-state index is 0. The van der Waals surface area contributed by atoms with E-state index >= 15 is 0 Å². The third-order valence-corrected chi connectivity index (χ3v) is 1.36. The molecular weight excluding hydrogens is 196 g/mol. The minimum Gasteiger partial charge on any atom is -2.00 e. The van der Waals surface area contributed by atoms with Gasteiger partial charge in [0, 0.05) is 0 Å². The predicted octanol–water partition coefficient (Wildman–Crippen LogP) is 1.74. The number of para-hydroxylation sites is 1. The van der Waals surface area contributed by atoms with Crippen molar-refractivity contribution in [3.63, 3.8) is 0 Å². The Balaban J connectivity index is 0. The first kappa shape index (κ1) is 14.9. The van der Waals surface area contributed by atoms with E-state index in [1.54, 1.807) is 12.1 Å². The van der Waals surface area contributed by atoms with Crippen LogP contribution in [-0.2, 0) is 19.9 Å². The summed E-state index contributed by atoms with van der Waals surface area (Å²) in [5, 5.41) is 9.19. The Morgan fingerprint density at radius 3 is 2.42 bits per heavy atom. The molecule has 1 rings (SSSR count). The Hall–Kier alpha value is 0.370. The maximum atomic E-state index is 9.19. The van der Waals surface area contributed by atoms with Crippen LogP contribution in [0.25, 0.3) is 0 Å². The molecule has 0 saturated heterocycles. The van der Waals surface area contributed by atoms with Crippen LogP contribution in [0.1, 0.15) is 5.56 Å². The Labute approximate surface area is 110 Å². The number of benzene rings is 1.